The van der Waals surface area contributed by atoms with Gasteiger partial charge in [-0.3, -0.25) is 0 Å². The lowest BCUT2D eigenvalue weighted by Gasteiger charge is -2.41. The second-order valence-corrected chi connectivity index (χ2v) is 8.50. The van der Waals surface area contributed by atoms with Crippen LogP contribution >= 0.6 is 10.0 Å². The highest BCUT2D eigenvalue weighted by Gasteiger charge is 2.24. The topological polar surface area (TPSA) is 20.2 Å². The van der Waals surface area contributed by atoms with E-state index in [0.29, 0.717) is 5.75 Å². The van der Waals surface area contributed by atoms with E-state index in [0.717, 1.165) is 0 Å². The number of hydrogen-bond donors (Lipinski definition) is 1. The molecular weight excluding hydrogens is 204 g/mol. The zero-order valence-electron chi connectivity index (χ0n) is 9.62. The Bertz CT molecular complexity index is 354. The number of hydrogen-bond acceptors (Lipinski definition) is 1. The van der Waals surface area contributed by atoms with E-state index in [9.17, 15) is 5.11 Å². The summed E-state index contributed by atoms with van der Waals surface area (Å²) in [6.07, 6.45) is 6.61. The first-order valence-corrected chi connectivity index (χ1v) is 8.03. The zero-order chi connectivity index (χ0) is 10.9. The van der Waals surface area contributed by atoms with Gasteiger partial charge in [0.15, 0.2) is 0 Å². The van der Waals surface area contributed by atoms with E-state index >= 15 is 0 Å². The second-order valence-electron chi connectivity index (χ2n) is 4.69. The minimum absolute atomic E-state index is 0.398. The number of phenolic OH excluding ortho intramolecular Hbond substituents is 1. The van der Waals surface area contributed by atoms with Crippen molar-refractivity contribution in [1.82, 2.24) is 0 Å². The summed E-state index contributed by atoms with van der Waals surface area (Å²) in [5, 5.41) is 9.43. The molecule has 0 saturated carbocycles. The molecule has 15 heavy (non-hydrogen) atoms. The molecule has 0 aliphatic carbocycles. The van der Waals surface area contributed by atoms with Gasteiger partial charge in [-0.25, -0.2) is 10.0 Å². The van der Waals surface area contributed by atoms with E-state index in [1.165, 1.54) is 41.2 Å². The molecule has 1 heterocycles. The van der Waals surface area contributed by atoms with Gasteiger partial charge < -0.3 is 5.11 Å². The number of aromatic hydroxyl groups is 1. The van der Waals surface area contributed by atoms with Crippen LogP contribution in [0.25, 0.3) is 0 Å². The smallest absolute Gasteiger partial charge is 0.115 e. The molecule has 1 fully saturated rings. The molecule has 1 aromatic carbocycles. The van der Waals surface area contributed by atoms with E-state index in [1.807, 2.05) is 12.1 Å². The molecule has 0 amide bonds. The molecule has 0 radical (unpaired) electrons. The molecule has 1 nitrogen and oxygen atoms in total. The van der Waals surface area contributed by atoms with Gasteiger partial charge in [0.25, 0.3) is 0 Å². The Hall–Kier alpha value is -0.630. The molecule has 1 N–H and O–H groups in total. The third-order valence-corrected chi connectivity index (χ3v) is 7.28. The van der Waals surface area contributed by atoms with Crippen molar-refractivity contribution in [1.29, 1.82) is 0 Å². The van der Waals surface area contributed by atoms with Gasteiger partial charge in [0.05, 0.1) is 0 Å². The van der Waals surface area contributed by atoms with E-state index in [-0.39, 0.29) is 0 Å². The third kappa shape index (κ3) is 2.15. The van der Waals surface area contributed by atoms with Gasteiger partial charge in [0, 0.05) is 0 Å². The maximum absolute atomic E-state index is 9.43. The Labute approximate surface area is 93.8 Å². The second kappa shape index (κ2) is 4.09. The van der Waals surface area contributed by atoms with Crippen LogP contribution in [0.2, 0.25) is 0 Å². The summed E-state index contributed by atoms with van der Waals surface area (Å²) in [5.41, 5.74) is 1.27. The lowest BCUT2D eigenvalue weighted by atomic mass is 10.2. The predicted molar refractivity (Wildman–Crippen MR) is 68.2 cm³/mol. The molecule has 0 unspecified atom stereocenters. The van der Waals surface area contributed by atoms with Gasteiger partial charge in [-0.1, -0.05) is 6.42 Å². The molecule has 1 aromatic rings. The summed E-state index contributed by atoms with van der Waals surface area (Å²) in [6, 6.07) is 5.89. The molecule has 0 atom stereocenters. The highest BCUT2D eigenvalue weighted by atomic mass is 32.3. The van der Waals surface area contributed by atoms with Crippen molar-refractivity contribution in [2.24, 2.45) is 0 Å². The summed E-state index contributed by atoms with van der Waals surface area (Å²) >= 11 is 0. The van der Waals surface area contributed by atoms with Gasteiger partial charge in [-0.2, -0.15) is 0 Å². The van der Waals surface area contributed by atoms with Gasteiger partial charge >= 0.3 is 0 Å². The highest BCUT2D eigenvalue weighted by Crippen LogP contribution is 2.57. The summed E-state index contributed by atoms with van der Waals surface area (Å²) in [6.45, 7) is 2.13. The molecule has 2 rings (SSSR count). The Kier molecular flexibility index (Phi) is 2.96. The third-order valence-electron chi connectivity index (χ3n) is 3.38. The standard InChI is InChI=1S/C13H20OS/c1-11-10-12(14)6-7-13(11)15(2)8-4-3-5-9-15/h6-7,10,14H,3-5,8-9H2,1-2H3. The monoisotopic (exact) mass is 224 g/mol. The lowest BCUT2D eigenvalue weighted by Crippen LogP contribution is -2.14. The van der Waals surface area contributed by atoms with Crippen molar-refractivity contribution >= 4 is 10.0 Å². The summed E-state index contributed by atoms with van der Waals surface area (Å²) in [5.74, 6) is 3.15. The first kappa shape index (κ1) is 10.9. The van der Waals surface area contributed by atoms with Crippen LogP contribution in [-0.2, 0) is 0 Å². The molecule has 0 aromatic heterocycles. The first-order valence-electron chi connectivity index (χ1n) is 5.65. The normalized spacial score (nSPS) is 22.3. The maximum atomic E-state index is 9.43. The van der Waals surface area contributed by atoms with Gasteiger partial charge in [-0.05, 0) is 66.2 Å². The van der Waals surface area contributed by atoms with Crippen LogP contribution in [0.15, 0.2) is 23.1 Å². The lowest BCUT2D eigenvalue weighted by molar-refractivity contribution is 0.474. The van der Waals surface area contributed by atoms with Crippen LogP contribution in [0.4, 0.5) is 0 Å². The first-order chi connectivity index (χ1) is 7.12. The van der Waals surface area contributed by atoms with Crippen molar-refractivity contribution in [3.63, 3.8) is 0 Å². The van der Waals surface area contributed by atoms with E-state index < -0.39 is 10.0 Å². The number of benzene rings is 1. The molecule has 1 aliphatic rings. The fraction of sp³-hybridized carbons (Fsp3) is 0.538. The molecule has 1 saturated heterocycles. The van der Waals surface area contributed by atoms with Crippen LogP contribution in [0, 0.1) is 6.92 Å². The maximum Gasteiger partial charge on any atom is 0.115 e. The molecule has 0 bridgehead atoms. The van der Waals surface area contributed by atoms with Crippen LogP contribution in [-0.4, -0.2) is 22.9 Å². The largest absolute Gasteiger partial charge is 0.508 e. The van der Waals surface area contributed by atoms with Gasteiger partial charge in [-0.15, -0.1) is 0 Å². The molecular formula is C13H20OS. The number of rotatable bonds is 1. The van der Waals surface area contributed by atoms with Crippen molar-refractivity contribution in [2.75, 3.05) is 17.8 Å². The zero-order valence-corrected chi connectivity index (χ0v) is 10.4. The molecule has 1 aliphatic heterocycles. The summed E-state index contributed by atoms with van der Waals surface area (Å²) in [4.78, 5) is 1.51. The molecule has 0 spiro atoms. The molecule has 84 valence electrons. The van der Waals surface area contributed by atoms with Crippen LogP contribution in [0.5, 0.6) is 5.75 Å². The van der Waals surface area contributed by atoms with Crippen molar-refractivity contribution < 1.29 is 5.11 Å². The average molecular weight is 224 g/mol. The number of phenols is 1. The van der Waals surface area contributed by atoms with E-state index in [4.69, 9.17) is 0 Å². The van der Waals surface area contributed by atoms with E-state index in [2.05, 4.69) is 19.2 Å². The minimum atomic E-state index is -0.577. The Morgan fingerprint density at radius 3 is 2.40 bits per heavy atom. The Morgan fingerprint density at radius 1 is 1.13 bits per heavy atom. The van der Waals surface area contributed by atoms with Gasteiger partial charge in [0.2, 0.25) is 0 Å². The minimum Gasteiger partial charge on any atom is -0.508 e. The number of aryl methyl sites for hydroxylation is 1. The van der Waals surface area contributed by atoms with Crippen molar-refractivity contribution in [3.8, 4) is 5.75 Å². The van der Waals surface area contributed by atoms with Gasteiger partial charge in [0.1, 0.15) is 5.75 Å². The summed E-state index contributed by atoms with van der Waals surface area (Å²) in [7, 11) is -0.577. The fourth-order valence-electron chi connectivity index (χ4n) is 2.53. The highest BCUT2D eigenvalue weighted by molar-refractivity contribution is 8.33. The Morgan fingerprint density at radius 2 is 1.80 bits per heavy atom. The molecule has 2 heteroatoms. The Balaban J connectivity index is 2.35. The summed E-state index contributed by atoms with van der Waals surface area (Å²) < 4.78 is 0. The predicted octanol–water partition coefficient (Wildman–Crippen LogP) is 3.68. The van der Waals surface area contributed by atoms with Crippen LogP contribution < -0.4 is 0 Å². The van der Waals surface area contributed by atoms with Crippen molar-refractivity contribution in [3.05, 3.63) is 23.8 Å². The quantitative estimate of drug-likeness (QED) is 0.771. The van der Waals surface area contributed by atoms with Crippen LogP contribution in [0.3, 0.4) is 0 Å². The van der Waals surface area contributed by atoms with Crippen molar-refractivity contribution in [2.45, 2.75) is 31.1 Å². The fourth-order valence-corrected chi connectivity index (χ4v) is 6.09. The SMILES string of the molecule is Cc1cc(O)ccc1S1(C)CCCCC1. The van der Waals surface area contributed by atoms with Crippen LogP contribution in [0.1, 0.15) is 24.8 Å². The average Bonchev–Trinajstić information content (AvgIpc) is 2.18. The van der Waals surface area contributed by atoms with E-state index in [1.54, 1.807) is 0 Å².